The largest absolute Gasteiger partial charge is 0.481 e. The summed E-state index contributed by atoms with van der Waals surface area (Å²) in [6.07, 6.45) is 6.19. The Balaban J connectivity index is 1.39. The van der Waals surface area contributed by atoms with Crippen LogP contribution in [0.15, 0.2) is 30.5 Å². The molecule has 1 aromatic heterocycles. The van der Waals surface area contributed by atoms with Crippen molar-refractivity contribution in [3.8, 4) is 0 Å². The van der Waals surface area contributed by atoms with E-state index in [9.17, 15) is 9.90 Å². The SMILES string of the molecule is CC[C@@H]1CC(C(=O)O)CCN1c1ccc(Nc2ncc(Cl)c(NCC3CCCO3)n2)cc1. The molecule has 3 atom stereocenters. The van der Waals surface area contributed by atoms with Gasteiger partial charge < -0.3 is 25.4 Å². The number of carbonyl (C=O) groups is 1. The zero-order chi connectivity index (χ0) is 22.5. The molecule has 2 fully saturated rings. The molecule has 3 heterocycles. The van der Waals surface area contributed by atoms with Gasteiger partial charge in [-0.05, 0) is 56.4 Å². The van der Waals surface area contributed by atoms with Crippen LogP contribution in [0.2, 0.25) is 5.02 Å². The van der Waals surface area contributed by atoms with Crippen LogP contribution >= 0.6 is 11.6 Å². The number of nitrogens with one attached hydrogen (secondary N) is 2. The van der Waals surface area contributed by atoms with Crippen molar-refractivity contribution < 1.29 is 14.6 Å². The Kier molecular flexibility index (Phi) is 7.32. The zero-order valence-electron chi connectivity index (χ0n) is 18.3. The lowest BCUT2D eigenvalue weighted by Crippen LogP contribution is -2.44. The van der Waals surface area contributed by atoms with Crippen molar-refractivity contribution in [2.75, 3.05) is 35.2 Å². The second-order valence-corrected chi connectivity index (χ2v) is 8.80. The number of ether oxygens (including phenoxy) is 1. The van der Waals surface area contributed by atoms with Crippen molar-refractivity contribution >= 4 is 40.7 Å². The molecule has 0 amide bonds. The number of anilines is 4. The zero-order valence-corrected chi connectivity index (χ0v) is 19.0. The highest BCUT2D eigenvalue weighted by atomic mass is 35.5. The van der Waals surface area contributed by atoms with E-state index in [2.05, 4.69) is 44.6 Å². The maximum absolute atomic E-state index is 11.4. The highest BCUT2D eigenvalue weighted by molar-refractivity contribution is 6.32. The lowest BCUT2D eigenvalue weighted by molar-refractivity contribution is -0.142. The average Bonchev–Trinajstić information content (AvgIpc) is 3.33. The highest BCUT2D eigenvalue weighted by Crippen LogP contribution is 2.31. The first kappa shape index (κ1) is 22.6. The molecule has 8 nitrogen and oxygen atoms in total. The maximum atomic E-state index is 11.4. The lowest BCUT2D eigenvalue weighted by Gasteiger charge is -2.39. The van der Waals surface area contributed by atoms with E-state index in [0.29, 0.717) is 36.2 Å². The first-order chi connectivity index (χ1) is 15.5. The number of piperidine rings is 1. The summed E-state index contributed by atoms with van der Waals surface area (Å²) in [7, 11) is 0. The van der Waals surface area contributed by atoms with Crippen LogP contribution in [0.4, 0.5) is 23.1 Å². The number of hydrogen-bond donors (Lipinski definition) is 3. The second kappa shape index (κ2) is 10.4. The molecule has 4 rings (SSSR count). The Labute approximate surface area is 193 Å². The number of carboxylic acid groups (broad SMARTS) is 1. The second-order valence-electron chi connectivity index (χ2n) is 8.39. The van der Waals surface area contributed by atoms with E-state index in [0.717, 1.165) is 43.8 Å². The van der Waals surface area contributed by atoms with Crippen molar-refractivity contribution in [2.24, 2.45) is 5.92 Å². The molecule has 2 unspecified atom stereocenters. The van der Waals surface area contributed by atoms with Gasteiger partial charge in [0.15, 0.2) is 5.82 Å². The van der Waals surface area contributed by atoms with Crippen LogP contribution in [0.5, 0.6) is 0 Å². The van der Waals surface area contributed by atoms with Gasteiger partial charge in [-0.2, -0.15) is 4.98 Å². The fourth-order valence-electron chi connectivity index (χ4n) is 4.43. The molecule has 0 aliphatic carbocycles. The predicted octanol–water partition coefficient (Wildman–Crippen LogP) is 4.54. The van der Waals surface area contributed by atoms with E-state index in [4.69, 9.17) is 16.3 Å². The van der Waals surface area contributed by atoms with Crippen LogP contribution in [0, 0.1) is 5.92 Å². The minimum atomic E-state index is -0.685. The Morgan fingerprint density at radius 2 is 2.12 bits per heavy atom. The molecule has 0 spiro atoms. The van der Waals surface area contributed by atoms with Gasteiger partial charge in [0.05, 0.1) is 18.2 Å². The van der Waals surface area contributed by atoms with Gasteiger partial charge in [-0.1, -0.05) is 18.5 Å². The third-order valence-corrected chi connectivity index (χ3v) is 6.53. The number of nitrogens with zero attached hydrogens (tertiary/aromatic N) is 3. The van der Waals surface area contributed by atoms with Crippen LogP contribution < -0.4 is 15.5 Å². The minimum Gasteiger partial charge on any atom is -0.481 e. The molecule has 1 aromatic carbocycles. The fourth-order valence-corrected chi connectivity index (χ4v) is 4.59. The highest BCUT2D eigenvalue weighted by Gasteiger charge is 2.31. The van der Waals surface area contributed by atoms with Gasteiger partial charge in [0.2, 0.25) is 5.95 Å². The van der Waals surface area contributed by atoms with E-state index in [-0.39, 0.29) is 18.1 Å². The number of aliphatic carboxylic acids is 1. The predicted molar refractivity (Wildman–Crippen MR) is 126 cm³/mol. The third kappa shape index (κ3) is 5.42. The van der Waals surface area contributed by atoms with Gasteiger partial charge in [-0.3, -0.25) is 4.79 Å². The van der Waals surface area contributed by atoms with E-state index < -0.39 is 5.97 Å². The average molecular weight is 460 g/mol. The van der Waals surface area contributed by atoms with Crippen LogP contribution in [-0.4, -0.2) is 52.9 Å². The van der Waals surface area contributed by atoms with E-state index in [1.807, 2.05) is 12.1 Å². The van der Waals surface area contributed by atoms with Crippen molar-refractivity contribution in [3.05, 3.63) is 35.5 Å². The molecule has 2 aliphatic rings. The van der Waals surface area contributed by atoms with Gasteiger partial charge in [0, 0.05) is 37.1 Å². The van der Waals surface area contributed by atoms with E-state index >= 15 is 0 Å². The molecule has 0 radical (unpaired) electrons. The van der Waals surface area contributed by atoms with Gasteiger partial charge in [0.25, 0.3) is 0 Å². The van der Waals surface area contributed by atoms with Crippen LogP contribution in [0.3, 0.4) is 0 Å². The Hall–Kier alpha value is -2.58. The van der Waals surface area contributed by atoms with Crippen molar-refractivity contribution in [3.63, 3.8) is 0 Å². The summed E-state index contributed by atoms with van der Waals surface area (Å²) in [5.74, 6) is 0.117. The normalized spacial score (nSPS) is 23.2. The number of halogens is 1. The summed E-state index contributed by atoms with van der Waals surface area (Å²) in [6.45, 7) is 4.34. The number of hydrogen-bond acceptors (Lipinski definition) is 7. The molecule has 2 aromatic rings. The molecule has 0 saturated carbocycles. The number of carboxylic acids is 1. The van der Waals surface area contributed by atoms with Crippen LogP contribution in [0.1, 0.15) is 39.0 Å². The molecule has 0 bridgehead atoms. The summed E-state index contributed by atoms with van der Waals surface area (Å²) in [6, 6.07) is 8.32. The lowest BCUT2D eigenvalue weighted by atomic mass is 9.89. The van der Waals surface area contributed by atoms with Crippen LogP contribution in [0.25, 0.3) is 0 Å². The first-order valence-electron chi connectivity index (χ1n) is 11.3. The maximum Gasteiger partial charge on any atom is 0.306 e. The first-order valence-corrected chi connectivity index (χ1v) is 11.7. The Bertz CT molecular complexity index is 920. The molecular weight excluding hydrogens is 430 g/mol. The molecule has 172 valence electrons. The van der Waals surface area contributed by atoms with Gasteiger partial charge in [0.1, 0.15) is 5.02 Å². The van der Waals surface area contributed by atoms with Crippen LogP contribution in [-0.2, 0) is 9.53 Å². The van der Waals surface area contributed by atoms with Gasteiger partial charge in [-0.25, -0.2) is 4.98 Å². The summed E-state index contributed by atoms with van der Waals surface area (Å²) >= 11 is 6.25. The number of benzene rings is 1. The van der Waals surface area contributed by atoms with E-state index in [1.54, 1.807) is 6.20 Å². The van der Waals surface area contributed by atoms with E-state index in [1.165, 1.54) is 0 Å². The Morgan fingerprint density at radius 1 is 1.31 bits per heavy atom. The molecular formula is C23H30ClN5O3. The van der Waals surface area contributed by atoms with Crippen molar-refractivity contribution in [1.29, 1.82) is 0 Å². The standard InChI is InChI=1S/C23H30ClN5O3/c1-2-17-12-15(22(30)31)9-10-29(17)18-7-5-16(6-8-18)27-23-26-14-20(24)21(28-23)25-13-19-4-3-11-32-19/h5-8,14-15,17,19H,2-4,9-13H2,1H3,(H,30,31)(H2,25,26,27,28)/t15?,17-,19?/m1/s1. The van der Waals surface area contributed by atoms with Gasteiger partial charge in [-0.15, -0.1) is 0 Å². The number of aromatic nitrogens is 2. The van der Waals surface area contributed by atoms with Gasteiger partial charge >= 0.3 is 5.97 Å². The summed E-state index contributed by atoms with van der Waals surface area (Å²) in [5.41, 5.74) is 1.97. The summed E-state index contributed by atoms with van der Waals surface area (Å²) in [5, 5.41) is 16.3. The molecule has 3 N–H and O–H groups in total. The Morgan fingerprint density at radius 3 is 2.81 bits per heavy atom. The van der Waals surface area contributed by atoms with Crippen molar-refractivity contribution in [2.45, 2.75) is 51.2 Å². The smallest absolute Gasteiger partial charge is 0.306 e. The third-order valence-electron chi connectivity index (χ3n) is 6.26. The molecule has 2 aliphatic heterocycles. The van der Waals surface area contributed by atoms with Crippen molar-refractivity contribution in [1.82, 2.24) is 9.97 Å². The quantitative estimate of drug-likeness (QED) is 0.529. The molecule has 9 heteroatoms. The minimum absolute atomic E-state index is 0.192. The fraction of sp³-hybridized carbons (Fsp3) is 0.522. The summed E-state index contributed by atoms with van der Waals surface area (Å²) < 4.78 is 5.64. The topological polar surface area (TPSA) is 99.6 Å². The number of rotatable bonds is 8. The summed E-state index contributed by atoms with van der Waals surface area (Å²) in [4.78, 5) is 22.5. The molecule has 2 saturated heterocycles. The monoisotopic (exact) mass is 459 g/mol. The molecule has 32 heavy (non-hydrogen) atoms.